The van der Waals surface area contributed by atoms with Crippen molar-refractivity contribution in [1.29, 1.82) is 0 Å². The normalized spacial score (nSPS) is 23.8. The molecule has 166 valence electrons. The Kier molecular flexibility index (Phi) is 5.76. The molecule has 4 atom stereocenters. The second kappa shape index (κ2) is 8.38. The maximum Gasteiger partial charge on any atom is 0.240 e. The third-order valence-electron chi connectivity index (χ3n) is 6.48. The van der Waals surface area contributed by atoms with E-state index in [1.54, 1.807) is 12.1 Å². The fourth-order valence-corrected chi connectivity index (χ4v) is 4.81. The van der Waals surface area contributed by atoms with Gasteiger partial charge in [-0.15, -0.1) is 0 Å². The Hall–Kier alpha value is -3.21. The summed E-state index contributed by atoms with van der Waals surface area (Å²) < 4.78 is 0. The van der Waals surface area contributed by atoms with Crippen molar-refractivity contribution in [2.75, 3.05) is 4.90 Å². The number of imide groups is 1. The van der Waals surface area contributed by atoms with Crippen LogP contribution in [0.25, 0.3) is 0 Å². The minimum Gasteiger partial charge on any atom is -0.328 e. The highest BCUT2D eigenvalue weighted by atomic mass is 16.2. The molecule has 2 aromatic rings. The molecule has 0 radical (unpaired) electrons. The van der Waals surface area contributed by atoms with Gasteiger partial charge in [0.15, 0.2) is 0 Å². The molecule has 5 heteroatoms. The minimum atomic E-state index is -0.630. The van der Waals surface area contributed by atoms with Crippen LogP contribution in [0.5, 0.6) is 0 Å². The first-order valence-electron chi connectivity index (χ1n) is 11.2. The number of hydrogen-bond acceptors (Lipinski definition) is 3. The van der Waals surface area contributed by atoms with E-state index in [0.717, 1.165) is 5.56 Å². The number of rotatable bonds is 4. The van der Waals surface area contributed by atoms with Gasteiger partial charge in [0, 0.05) is 5.41 Å². The largest absolute Gasteiger partial charge is 0.328 e. The molecule has 0 unspecified atom stereocenters. The van der Waals surface area contributed by atoms with Gasteiger partial charge in [-0.25, -0.2) is 4.90 Å². The molecule has 0 N–H and O–H groups in total. The highest BCUT2D eigenvalue weighted by Crippen LogP contribution is 2.42. The standard InChI is InChI=1S/C27H30N2O3/c1-18(19-12-7-5-8-13-19)28(26(32)27(2,3)4)22-17-11-16-21-23(22)25(31)29(24(21)30)20-14-9-6-10-15-20/h5-15,17-18,21-23H,16H2,1-4H3/t18-,21-,22+,23-/m0/s1. The van der Waals surface area contributed by atoms with Crippen molar-refractivity contribution < 1.29 is 14.4 Å². The second-order valence-corrected chi connectivity index (χ2v) is 9.68. The van der Waals surface area contributed by atoms with Crippen molar-refractivity contribution in [3.05, 3.63) is 78.4 Å². The molecule has 3 amide bonds. The van der Waals surface area contributed by atoms with E-state index in [2.05, 4.69) is 0 Å². The molecule has 2 aromatic carbocycles. The smallest absolute Gasteiger partial charge is 0.240 e. The van der Waals surface area contributed by atoms with Gasteiger partial charge in [-0.1, -0.05) is 81.5 Å². The number of hydrogen-bond donors (Lipinski definition) is 0. The lowest BCUT2D eigenvalue weighted by Crippen LogP contribution is -2.52. The van der Waals surface area contributed by atoms with Crippen LogP contribution < -0.4 is 4.90 Å². The summed E-state index contributed by atoms with van der Waals surface area (Å²) in [6.45, 7) is 7.67. The topological polar surface area (TPSA) is 57.7 Å². The number of nitrogens with zero attached hydrogens (tertiary/aromatic N) is 2. The van der Waals surface area contributed by atoms with E-state index in [1.807, 2.05) is 93.3 Å². The zero-order valence-corrected chi connectivity index (χ0v) is 19.1. The first-order valence-corrected chi connectivity index (χ1v) is 11.2. The quantitative estimate of drug-likeness (QED) is 0.519. The summed E-state index contributed by atoms with van der Waals surface area (Å²) in [6.07, 6.45) is 4.41. The van der Waals surface area contributed by atoms with Crippen LogP contribution in [0.15, 0.2) is 72.8 Å². The van der Waals surface area contributed by atoms with Gasteiger partial charge in [0.25, 0.3) is 0 Å². The van der Waals surface area contributed by atoms with Crippen LogP contribution in [0.4, 0.5) is 5.69 Å². The van der Waals surface area contributed by atoms with Gasteiger partial charge in [-0.3, -0.25) is 14.4 Å². The molecule has 4 rings (SSSR count). The number of allylic oxidation sites excluding steroid dienone is 1. The zero-order valence-electron chi connectivity index (χ0n) is 19.1. The SMILES string of the molecule is C[C@@H](c1ccccc1)N(C(=O)C(C)(C)C)[C@@H]1C=CC[C@@H]2C(=O)N(c3ccccc3)C(=O)[C@@H]21. The Bertz CT molecular complexity index is 1040. The number of fused-ring (bicyclic) bond motifs is 1. The van der Waals surface area contributed by atoms with E-state index in [-0.39, 0.29) is 23.8 Å². The summed E-state index contributed by atoms with van der Waals surface area (Å²) in [5.41, 5.74) is 0.951. The molecule has 1 heterocycles. The molecule has 2 aliphatic rings. The van der Waals surface area contributed by atoms with Crippen LogP contribution in [0.2, 0.25) is 0 Å². The molecular weight excluding hydrogens is 400 g/mol. The van der Waals surface area contributed by atoms with E-state index in [4.69, 9.17) is 0 Å². The molecule has 1 fully saturated rings. The average Bonchev–Trinajstić information content (AvgIpc) is 3.05. The van der Waals surface area contributed by atoms with Crippen molar-refractivity contribution in [2.45, 2.75) is 46.2 Å². The summed E-state index contributed by atoms with van der Waals surface area (Å²) in [6, 6.07) is 18.2. The lowest BCUT2D eigenvalue weighted by molar-refractivity contribution is -0.146. The second-order valence-electron chi connectivity index (χ2n) is 9.68. The van der Waals surface area contributed by atoms with Gasteiger partial charge >= 0.3 is 0 Å². The Morgan fingerprint density at radius 1 is 0.969 bits per heavy atom. The molecule has 0 bridgehead atoms. The summed E-state index contributed by atoms with van der Waals surface area (Å²) in [5, 5.41) is 0. The third-order valence-corrected chi connectivity index (χ3v) is 6.48. The maximum atomic E-state index is 13.7. The summed E-state index contributed by atoms with van der Waals surface area (Å²) >= 11 is 0. The van der Waals surface area contributed by atoms with Gasteiger partial charge in [0.05, 0.1) is 29.6 Å². The van der Waals surface area contributed by atoms with Crippen LogP contribution in [-0.4, -0.2) is 28.7 Å². The predicted molar refractivity (Wildman–Crippen MR) is 125 cm³/mol. The molecule has 5 nitrogen and oxygen atoms in total. The summed E-state index contributed by atoms with van der Waals surface area (Å²) in [4.78, 5) is 43.7. The van der Waals surface area contributed by atoms with Crippen molar-refractivity contribution >= 4 is 23.4 Å². The number of carbonyl (C=O) groups is 3. The number of benzene rings is 2. The summed E-state index contributed by atoms with van der Waals surface area (Å²) in [5.74, 6) is -1.51. The fraction of sp³-hybridized carbons (Fsp3) is 0.370. The van der Waals surface area contributed by atoms with Crippen LogP contribution in [0.1, 0.15) is 45.7 Å². The maximum absolute atomic E-state index is 13.7. The van der Waals surface area contributed by atoms with Crippen molar-refractivity contribution in [3.8, 4) is 0 Å². The highest BCUT2D eigenvalue weighted by Gasteiger charge is 2.54. The van der Waals surface area contributed by atoms with Crippen molar-refractivity contribution in [2.24, 2.45) is 17.3 Å². The van der Waals surface area contributed by atoms with Gasteiger partial charge < -0.3 is 4.90 Å². The van der Waals surface area contributed by atoms with Gasteiger partial charge in [-0.2, -0.15) is 0 Å². The summed E-state index contributed by atoms with van der Waals surface area (Å²) in [7, 11) is 0. The first kappa shape index (κ1) is 22.0. The molecule has 1 saturated heterocycles. The molecule has 0 aromatic heterocycles. The molecule has 0 saturated carbocycles. The third kappa shape index (κ3) is 3.77. The first-order chi connectivity index (χ1) is 15.2. The van der Waals surface area contributed by atoms with E-state index in [0.29, 0.717) is 12.1 Å². The van der Waals surface area contributed by atoms with Gasteiger partial charge in [-0.05, 0) is 31.0 Å². The molecule has 1 aliphatic carbocycles. The van der Waals surface area contributed by atoms with E-state index in [9.17, 15) is 14.4 Å². The van der Waals surface area contributed by atoms with Crippen molar-refractivity contribution in [1.82, 2.24) is 4.90 Å². The molecule has 32 heavy (non-hydrogen) atoms. The molecule has 0 spiro atoms. The molecule has 1 aliphatic heterocycles. The highest BCUT2D eigenvalue weighted by molar-refractivity contribution is 6.22. The number of para-hydroxylation sites is 1. The number of carbonyl (C=O) groups excluding carboxylic acids is 3. The van der Waals surface area contributed by atoms with Crippen LogP contribution in [0.3, 0.4) is 0 Å². The predicted octanol–water partition coefficient (Wildman–Crippen LogP) is 4.76. The van der Waals surface area contributed by atoms with E-state index >= 15 is 0 Å². The van der Waals surface area contributed by atoms with E-state index < -0.39 is 23.3 Å². The average molecular weight is 431 g/mol. The Labute approximate surface area is 189 Å². The van der Waals surface area contributed by atoms with Gasteiger partial charge in [0.2, 0.25) is 17.7 Å². The Balaban J connectivity index is 1.77. The minimum absolute atomic E-state index is 0.0393. The fourth-order valence-electron chi connectivity index (χ4n) is 4.81. The van der Waals surface area contributed by atoms with E-state index in [1.165, 1.54) is 4.90 Å². The molecular formula is C27H30N2O3. The van der Waals surface area contributed by atoms with Crippen molar-refractivity contribution in [3.63, 3.8) is 0 Å². The lowest BCUT2D eigenvalue weighted by atomic mass is 9.79. The number of anilines is 1. The van der Waals surface area contributed by atoms with Gasteiger partial charge in [0.1, 0.15) is 0 Å². The Morgan fingerprint density at radius 3 is 2.16 bits per heavy atom. The van der Waals surface area contributed by atoms with Crippen LogP contribution >= 0.6 is 0 Å². The zero-order chi connectivity index (χ0) is 23.0. The monoisotopic (exact) mass is 430 g/mol. The van der Waals surface area contributed by atoms with Crippen LogP contribution in [-0.2, 0) is 14.4 Å². The number of amides is 3. The lowest BCUT2D eigenvalue weighted by Gasteiger charge is -2.43. The van der Waals surface area contributed by atoms with Crippen LogP contribution in [0, 0.1) is 17.3 Å². The Morgan fingerprint density at radius 2 is 1.56 bits per heavy atom.